The van der Waals surface area contributed by atoms with E-state index in [1.54, 1.807) is 6.92 Å². The maximum absolute atomic E-state index is 12.0. The first-order valence-corrected chi connectivity index (χ1v) is 7.64. The van der Waals surface area contributed by atoms with E-state index < -0.39 is 0 Å². The quantitative estimate of drug-likeness (QED) is 0.765. The van der Waals surface area contributed by atoms with Crippen molar-refractivity contribution in [2.45, 2.75) is 52.0 Å². The summed E-state index contributed by atoms with van der Waals surface area (Å²) in [5, 5.41) is 6.37. The van der Waals surface area contributed by atoms with Crippen molar-refractivity contribution in [1.82, 2.24) is 9.91 Å². The minimum Gasteiger partial charge on any atom is -0.303 e. The summed E-state index contributed by atoms with van der Waals surface area (Å²) < 4.78 is 0. The van der Waals surface area contributed by atoms with Gasteiger partial charge in [-0.1, -0.05) is 6.92 Å². The number of likely N-dealkylation sites (tertiary alicyclic amines) is 1. The largest absolute Gasteiger partial charge is 0.303 e. The van der Waals surface area contributed by atoms with Crippen LogP contribution in [-0.4, -0.2) is 46.7 Å². The molecule has 1 saturated heterocycles. The second-order valence-electron chi connectivity index (χ2n) is 6.61. The summed E-state index contributed by atoms with van der Waals surface area (Å²) in [7, 11) is 0. The van der Waals surface area contributed by atoms with Crippen LogP contribution in [0.3, 0.4) is 0 Å². The molecule has 0 aromatic rings. The van der Waals surface area contributed by atoms with Crippen LogP contribution in [0.5, 0.6) is 0 Å². The van der Waals surface area contributed by atoms with Crippen LogP contribution in [0.25, 0.3) is 0 Å². The average molecular weight is 263 g/mol. The number of rotatable bonds is 2. The molecule has 3 aliphatic rings. The average Bonchev–Trinajstić information content (AvgIpc) is 2.97. The molecule has 106 valence electrons. The number of hydrazone groups is 1. The maximum Gasteiger partial charge on any atom is 0.240 e. The first-order valence-electron chi connectivity index (χ1n) is 7.64. The summed E-state index contributed by atoms with van der Waals surface area (Å²) in [6, 6.07) is 0. The highest BCUT2D eigenvalue weighted by Gasteiger charge is 2.58. The van der Waals surface area contributed by atoms with E-state index >= 15 is 0 Å². The van der Waals surface area contributed by atoms with Crippen molar-refractivity contribution in [2.24, 2.45) is 16.9 Å². The molecule has 2 fully saturated rings. The molecule has 19 heavy (non-hydrogen) atoms. The molecule has 0 aromatic heterocycles. The van der Waals surface area contributed by atoms with Gasteiger partial charge in [-0.15, -0.1) is 0 Å². The van der Waals surface area contributed by atoms with Gasteiger partial charge in [0.2, 0.25) is 5.91 Å². The predicted molar refractivity (Wildman–Crippen MR) is 75.9 cm³/mol. The lowest BCUT2D eigenvalue weighted by atomic mass is 9.81. The normalized spacial score (nSPS) is 38.1. The Hall–Kier alpha value is -0.900. The SMILES string of the molecule is CCCN1CC2CCC3(CC(C)=NN3C(C)=O)C2C1. The van der Waals surface area contributed by atoms with Crippen molar-refractivity contribution in [3.63, 3.8) is 0 Å². The molecule has 4 nitrogen and oxygen atoms in total. The lowest BCUT2D eigenvalue weighted by molar-refractivity contribution is -0.135. The summed E-state index contributed by atoms with van der Waals surface area (Å²) in [4.78, 5) is 14.5. The van der Waals surface area contributed by atoms with Crippen molar-refractivity contribution in [3.8, 4) is 0 Å². The molecule has 1 aliphatic carbocycles. The van der Waals surface area contributed by atoms with Crippen LogP contribution in [0.2, 0.25) is 0 Å². The zero-order chi connectivity index (χ0) is 13.6. The Morgan fingerprint density at radius 2 is 2.26 bits per heavy atom. The second kappa shape index (κ2) is 4.58. The first-order chi connectivity index (χ1) is 9.06. The summed E-state index contributed by atoms with van der Waals surface area (Å²) >= 11 is 0. The van der Waals surface area contributed by atoms with Crippen molar-refractivity contribution in [2.75, 3.05) is 19.6 Å². The van der Waals surface area contributed by atoms with E-state index in [1.807, 2.05) is 5.01 Å². The van der Waals surface area contributed by atoms with Gasteiger partial charge < -0.3 is 4.90 Å². The summed E-state index contributed by atoms with van der Waals surface area (Å²) in [6.07, 6.45) is 4.62. The number of carbonyl (C=O) groups is 1. The van der Waals surface area contributed by atoms with Crippen LogP contribution in [-0.2, 0) is 4.79 Å². The Kier molecular flexibility index (Phi) is 3.16. The number of hydrogen-bond acceptors (Lipinski definition) is 3. The number of amides is 1. The fourth-order valence-electron chi connectivity index (χ4n) is 4.67. The van der Waals surface area contributed by atoms with E-state index in [9.17, 15) is 4.79 Å². The van der Waals surface area contributed by atoms with Crippen molar-refractivity contribution in [1.29, 1.82) is 0 Å². The van der Waals surface area contributed by atoms with Crippen LogP contribution >= 0.6 is 0 Å². The fraction of sp³-hybridized carbons (Fsp3) is 0.867. The van der Waals surface area contributed by atoms with E-state index in [1.165, 1.54) is 25.9 Å². The van der Waals surface area contributed by atoms with Crippen LogP contribution < -0.4 is 0 Å². The Morgan fingerprint density at radius 1 is 1.47 bits per heavy atom. The van der Waals surface area contributed by atoms with Crippen LogP contribution in [0.1, 0.15) is 46.5 Å². The molecule has 3 atom stereocenters. The zero-order valence-corrected chi connectivity index (χ0v) is 12.4. The molecule has 0 bridgehead atoms. The number of hydrogen-bond donors (Lipinski definition) is 0. The van der Waals surface area contributed by atoms with Crippen molar-refractivity contribution < 1.29 is 4.79 Å². The highest BCUT2D eigenvalue weighted by atomic mass is 16.2. The van der Waals surface area contributed by atoms with Gasteiger partial charge in [0.25, 0.3) is 0 Å². The lowest BCUT2D eigenvalue weighted by Crippen LogP contribution is -2.50. The molecule has 3 rings (SSSR count). The highest BCUT2D eigenvalue weighted by Crippen LogP contribution is 2.52. The van der Waals surface area contributed by atoms with Crippen molar-refractivity contribution >= 4 is 11.6 Å². The molecule has 2 aliphatic heterocycles. The maximum atomic E-state index is 12.0. The smallest absolute Gasteiger partial charge is 0.240 e. The van der Waals surface area contributed by atoms with E-state index in [4.69, 9.17) is 0 Å². The van der Waals surface area contributed by atoms with Crippen LogP contribution in [0, 0.1) is 11.8 Å². The molecule has 1 spiro atoms. The third kappa shape index (κ3) is 1.92. The minimum atomic E-state index is 0.0169. The molecular weight excluding hydrogens is 238 g/mol. The number of carbonyl (C=O) groups excluding carboxylic acids is 1. The molecular formula is C15H25N3O. The van der Waals surface area contributed by atoms with E-state index in [0.29, 0.717) is 5.92 Å². The second-order valence-corrected chi connectivity index (χ2v) is 6.61. The third-order valence-corrected chi connectivity index (χ3v) is 5.25. The van der Waals surface area contributed by atoms with E-state index in [2.05, 4.69) is 23.8 Å². The zero-order valence-electron chi connectivity index (χ0n) is 12.4. The molecule has 2 heterocycles. The van der Waals surface area contributed by atoms with Gasteiger partial charge in [-0.2, -0.15) is 5.10 Å². The topological polar surface area (TPSA) is 35.9 Å². The first kappa shape index (κ1) is 13.1. The predicted octanol–water partition coefficient (Wildman–Crippen LogP) is 2.11. The molecule has 4 heteroatoms. The van der Waals surface area contributed by atoms with Gasteiger partial charge in [-0.3, -0.25) is 4.79 Å². The van der Waals surface area contributed by atoms with Gasteiger partial charge in [0.05, 0.1) is 5.54 Å². The highest BCUT2D eigenvalue weighted by molar-refractivity contribution is 5.88. The Balaban J connectivity index is 1.84. The number of nitrogens with zero attached hydrogens (tertiary/aromatic N) is 3. The van der Waals surface area contributed by atoms with Gasteiger partial charge in [0.1, 0.15) is 0 Å². The summed E-state index contributed by atoms with van der Waals surface area (Å²) in [5.74, 6) is 1.52. The van der Waals surface area contributed by atoms with Gasteiger partial charge in [0, 0.05) is 38.1 Å². The molecule has 3 unspecified atom stereocenters. The molecule has 1 saturated carbocycles. The lowest BCUT2D eigenvalue weighted by Gasteiger charge is -2.37. The fourth-order valence-corrected chi connectivity index (χ4v) is 4.67. The molecule has 0 aromatic carbocycles. The van der Waals surface area contributed by atoms with E-state index in [0.717, 1.165) is 31.0 Å². The molecule has 0 radical (unpaired) electrons. The molecule has 1 amide bonds. The van der Waals surface area contributed by atoms with Gasteiger partial charge in [-0.05, 0) is 38.6 Å². The van der Waals surface area contributed by atoms with Crippen LogP contribution in [0.15, 0.2) is 5.10 Å². The Bertz CT molecular complexity index is 420. The van der Waals surface area contributed by atoms with Gasteiger partial charge in [0.15, 0.2) is 0 Å². The third-order valence-electron chi connectivity index (χ3n) is 5.25. The van der Waals surface area contributed by atoms with Crippen molar-refractivity contribution in [3.05, 3.63) is 0 Å². The Labute approximate surface area is 115 Å². The number of fused-ring (bicyclic) bond motifs is 2. The van der Waals surface area contributed by atoms with Gasteiger partial charge in [-0.25, -0.2) is 5.01 Å². The summed E-state index contributed by atoms with van der Waals surface area (Å²) in [5.41, 5.74) is 1.15. The van der Waals surface area contributed by atoms with Crippen LogP contribution in [0.4, 0.5) is 0 Å². The standard InChI is InChI=1S/C15H25N3O/c1-4-7-17-9-13-5-6-15(14(13)10-17)8-11(2)16-18(15)12(3)19/h13-14H,4-10H2,1-3H3. The Morgan fingerprint density at radius 3 is 2.95 bits per heavy atom. The minimum absolute atomic E-state index is 0.0169. The molecule has 0 N–H and O–H groups in total. The monoisotopic (exact) mass is 263 g/mol. The van der Waals surface area contributed by atoms with E-state index in [-0.39, 0.29) is 11.4 Å². The van der Waals surface area contributed by atoms with Gasteiger partial charge >= 0.3 is 0 Å². The summed E-state index contributed by atoms with van der Waals surface area (Å²) in [6.45, 7) is 9.56.